The largest absolute Gasteiger partial charge is 0.460 e. The highest BCUT2D eigenvalue weighted by molar-refractivity contribution is 5.94. The quantitative estimate of drug-likeness (QED) is 0.0654. The second kappa shape index (κ2) is 20.4. The fourth-order valence-corrected chi connectivity index (χ4v) is 12.7. The molecular formula is C54H81N3O11. The smallest absolute Gasteiger partial charge is 0.327 e. The number of hydrogen-bond donors (Lipinski definition) is 3. The van der Waals surface area contributed by atoms with E-state index in [1.54, 1.807) is 25.8 Å². The molecule has 2 bridgehead atoms. The van der Waals surface area contributed by atoms with Gasteiger partial charge in [-0.25, -0.2) is 0 Å². The monoisotopic (exact) mass is 948 g/mol. The van der Waals surface area contributed by atoms with E-state index in [0.29, 0.717) is 24.7 Å². The fourth-order valence-electron chi connectivity index (χ4n) is 12.7. The highest BCUT2D eigenvalue weighted by Crippen LogP contribution is 2.61. The molecule has 0 radical (unpaired) electrons. The summed E-state index contributed by atoms with van der Waals surface area (Å²) in [6, 6.07) is 6.53. The van der Waals surface area contributed by atoms with Crippen LogP contribution in [0.4, 0.5) is 0 Å². The number of epoxide rings is 1. The molecule has 0 spiro atoms. The van der Waals surface area contributed by atoms with Crippen LogP contribution in [0, 0.1) is 22.7 Å². The maximum absolute atomic E-state index is 15.1. The summed E-state index contributed by atoms with van der Waals surface area (Å²) in [6.07, 6.45) is 12.8. The number of amides is 2. The summed E-state index contributed by atoms with van der Waals surface area (Å²) < 4.78 is 32.1. The third kappa shape index (κ3) is 10.6. The number of nitrogens with one attached hydrogen (secondary N) is 2. The van der Waals surface area contributed by atoms with Gasteiger partial charge in [-0.15, -0.1) is 0 Å². The third-order valence-corrected chi connectivity index (χ3v) is 16.5. The van der Waals surface area contributed by atoms with E-state index in [-0.39, 0.29) is 62.5 Å². The van der Waals surface area contributed by atoms with Crippen LogP contribution in [0.2, 0.25) is 0 Å². The van der Waals surface area contributed by atoms with E-state index >= 15 is 4.79 Å². The number of aliphatic hydroxyl groups excluding tert-OH is 1. The first-order chi connectivity index (χ1) is 32.3. The summed E-state index contributed by atoms with van der Waals surface area (Å²) in [6.45, 7) is 16.6. The van der Waals surface area contributed by atoms with Gasteiger partial charge >= 0.3 is 11.9 Å². The Morgan fingerprint density at radius 2 is 1.68 bits per heavy atom. The van der Waals surface area contributed by atoms with Gasteiger partial charge in [0.05, 0.1) is 30.9 Å². The molecule has 1 aromatic rings. The minimum Gasteiger partial charge on any atom is -0.460 e. The van der Waals surface area contributed by atoms with Gasteiger partial charge in [0.2, 0.25) is 11.8 Å². The first-order valence-corrected chi connectivity index (χ1v) is 26.2. The number of hydrogen-bond acceptors (Lipinski definition) is 12. The molecule has 3 aliphatic carbocycles. The summed E-state index contributed by atoms with van der Waals surface area (Å²) in [7, 11) is 0. The Bertz CT molecular complexity index is 2020. The summed E-state index contributed by atoms with van der Waals surface area (Å²) in [5.74, 6) is -1.57. The molecule has 0 aromatic heterocycles. The van der Waals surface area contributed by atoms with Crippen molar-refractivity contribution in [2.24, 2.45) is 22.7 Å². The van der Waals surface area contributed by atoms with Crippen molar-refractivity contribution in [3.8, 4) is 0 Å². The molecule has 8 rings (SSSR count). The van der Waals surface area contributed by atoms with E-state index in [1.165, 1.54) is 5.57 Å². The highest BCUT2D eigenvalue weighted by Gasteiger charge is 2.76. The predicted molar refractivity (Wildman–Crippen MR) is 255 cm³/mol. The Balaban J connectivity index is 1.05. The van der Waals surface area contributed by atoms with Gasteiger partial charge in [0.1, 0.15) is 35.4 Å². The van der Waals surface area contributed by atoms with Crippen LogP contribution >= 0.6 is 0 Å². The van der Waals surface area contributed by atoms with Crippen LogP contribution < -0.4 is 10.6 Å². The van der Waals surface area contributed by atoms with Crippen LogP contribution in [0.15, 0.2) is 29.8 Å². The molecule has 3 saturated carbocycles. The molecule has 1 aromatic carbocycles. The first-order valence-electron chi connectivity index (χ1n) is 26.2. The van der Waals surface area contributed by atoms with Gasteiger partial charge in [-0.1, -0.05) is 89.3 Å². The van der Waals surface area contributed by atoms with E-state index in [4.69, 9.17) is 28.5 Å². The normalized spacial score (nSPS) is 34.2. The van der Waals surface area contributed by atoms with E-state index in [0.717, 1.165) is 81.8 Å². The molecule has 1 unspecified atom stereocenters. The van der Waals surface area contributed by atoms with Gasteiger partial charge in [0.25, 0.3) is 0 Å². The van der Waals surface area contributed by atoms with Gasteiger partial charge < -0.3 is 39.4 Å². The number of benzene rings is 1. The zero-order chi connectivity index (χ0) is 48.6. The summed E-state index contributed by atoms with van der Waals surface area (Å²) in [5.41, 5.74) is 1.69. The topological polar surface area (TPSA) is 174 Å². The standard InChI is InChI=1S/C54H81N3O11/c1-9-11-15-25-53(26-16-12-10-2)66-44-40-31-54(49(62)55-28-24-42(59)56-37(33-58)20-22-43(60)65-50(3,4)5)46(48(61)63-40)57(68-47(54)45(44)67-53)32-36-18-14-13-17-34(36)29-35-19-21-41-52(8,64-41)27-23-39-38(35)30-51(39,6)7/h13-14,17-18,29,37-41,44-47,58H,9-12,15-16,19-28,30-33H2,1-8H3,(H,55,62)(H,56,59)/t37-,38+,39+,40+,41?,44-,45-,46+,47+,52+,54+/m0/s1. The minimum absolute atomic E-state index is 0.0130. The molecular weight excluding hydrogens is 867 g/mol. The molecule has 14 nitrogen and oxygen atoms in total. The molecule has 14 heteroatoms. The number of allylic oxidation sites excluding steroid dienone is 1. The van der Waals surface area contributed by atoms with Crippen LogP contribution in [-0.4, -0.2) is 107 Å². The molecule has 4 heterocycles. The van der Waals surface area contributed by atoms with Gasteiger partial charge in [-0.2, -0.15) is 5.06 Å². The maximum Gasteiger partial charge on any atom is 0.327 e. The molecule has 68 heavy (non-hydrogen) atoms. The lowest BCUT2D eigenvalue weighted by Crippen LogP contribution is -2.69. The number of aliphatic hydroxyl groups is 1. The molecule has 2 amide bonds. The van der Waals surface area contributed by atoms with E-state index in [1.807, 2.05) is 6.07 Å². The van der Waals surface area contributed by atoms with Gasteiger partial charge in [-0.3, -0.25) is 24.0 Å². The SMILES string of the molecule is CCCCCC1(CCCCC)O[C@@H]2[C@H](O1)[C@H]1ON(Cc3ccccc3C=C3CCC4O[C@]4(C)CC[C@@H]4[C@@H]3CC4(C)C)[C@@H]3C(=O)O[C@@H]2C[C@]13C(=O)NCCC(=O)N[C@H](CO)CCC(=O)OC(C)(C)C. The molecule has 4 saturated heterocycles. The average molecular weight is 948 g/mol. The van der Waals surface area contributed by atoms with Crippen LogP contribution in [0.5, 0.6) is 0 Å². The van der Waals surface area contributed by atoms with Crippen molar-refractivity contribution in [3.63, 3.8) is 0 Å². The molecule has 7 aliphatic rings. The zero-order valence-corrected chi connectivity index (χ0v) is 42.2. The van der Waals surface area contributed by atoms with Crippen molar-refractivity contribution in [1.82, 2.24) is 15.7 Å². The van der Waals surface area contributed by atoms with E-state index < -0.39 is 77.1 Å². The van der Waals surface area contributed by atoms with Gasteiger partial charge in [0.15, 0.2) is 11.8 Å². The molecule has 4 aliphatic heterocycles. The molecule has 378 valence electrons. The van der Waals surface area contributed by atoms with Crippen molar-refractivity contribution in [1.29, 1.82) is 0 Å². The van der Waals surface area contributed by atoms with E-state index in [9.17, 15) is 19.5 Å². The number of hydroxylamine groups is 2. The fraction of sp³-hybridized carbons (Fsp3) is 0.778. The lowest BCUT2D eigenvalue weighted by molar-refractivity contribution is -0.224. The molecule has 11 atom stereocenters. The Morgan fingerprint density at radius 3 is 2.37 bits per heavy atom. The molecule has 7 fully saturated rings. The second-order valence-electron chi connectivity index (χ2n) is 23.1. The number of carbonyl (C=O) groups is 4. The Labute approximate surface area is 404 Å². The Kier molecular flexibility index (Phi) is 15.3. The number of carbonyl (C=O) groups excluding carboxylic acids is 4. The zero-order valence-electron chi connectivity index (χ0n) is 42.2. The van der Waals surface area contributed by atoms with Gasteiger partial charge in [-0.05, 0) is 107 Å². The van der Waals surface area contributed by atoms with Crippen molar-refractivity contribution < 1.29 is 52.8 Å². The highest BCUT2D eigenvalue weighted by atomic mass is 16.8. The van der Waals surface area contributed by atoms with Crippen molar-refractivity contribution in [2.75, 3.05) is 13.2 Å². The number of fused-ring (bicyclic) bond motifs is 6. The van der Waals surface area contributed by atoms with Crippen LogP contribution in [-0.2, 0) is 54.2 Å². The molecule has 3 N–H and O–H groups in total. The van der Waals surface area contributed by atoms with E-state index in [2.05, 4.69) is 69.5 Å². The number of nitrogens with zero attached hydrogens (tertiary/aromatic N) is 1. The van der Waals surface area contributed by atoms with Crippen LogP contribution in [0.3, 0.4) is 0 Å². The first kappa shape index (κ1) is 51.0. The second-order valence-corrected chi connectivity index (χ2v) is 23.1. The third-order valence-electron chi connectivity index (χ3n) is 16.5. The predicted octanol–water partition coefficient (Wildman–Crippen LogP) is 8.01. The van der Waals surface area contributed by atoms with Crippen LogP contribution in [0.25, 0.3) is 6.08 Å². The Morgan fingerprint density at radius 1 is 0.956 bits per heavy atom. The summed E-state index contributed by atoms with van der Waals surface area (Å²) >= 11 is 0. The maximum atomic E-state index is 15.1. The van der Waals surface area contributed by atoms with Crippen molar-refractivity contribution in [2.45, 2.75) is 231 Å². The lowest BCUT2D eigenvalue weighted by atomic mass is 9.52. The van der Waals surface area contributed by atoms with Gasteiger partial charge in [0, 0.05) is 38.6 Å². The number of ether oxygens (including phenoxy) is 5. The van der Waals surface area contributed by atoms with Crippen molar-refractivity contribution in [3.05, 3.63) is 41.0 Å². The summed E-state index contributed by atoms with van der Waals surface area (Å²) in [4.78, 5) is 62.3. The van der Waals surface area contributed by atoms with Crippen LogP contribution in [0.1, 0.15) is 176 Å². The number of unbranched alkanes of at least 4 members (excludes halogenated alkanes) is 4. The minimum atomic E-state index is -1.40. The Hall–Kier alpha value is -3.40. The number of rotatable bonds is 20. The number of esters is 2. The lowest BCUT2D eigenvalue weighted by Gasteiger charge is -2.53. The average Bonchev–Trinajstić information content (AvgIpc) is 3.55. The summed E-state index contributed by atoms with van der Waals surface area (Å²) in [5, 5.41) is 17.5. The van der Waals surface area contributed by atoms with Crippen molar-refractivity contribution >= 4 is 29.8 Å².